The summed E-state index contributed by atoms with van der Waals surface area (Å²) in [6, 6.07) is 40.8. The van der Waals surface area contributed by atoms with E-state index < -0.39 is 0 Å². The molecule has 0 amide bonds. The summed E-state index contributed by atoms with van der Waals surface area (Å²) in [6.07, 6.45) is 0. The van der Waals surface area contributed by atoms with Crippen LogP contribution in [0.4, 0.5) is 17.1 Å². The van der Waals surface area contributed by atoms with Gasteiger partial charge in [-0.2, -0.15) is 0 Å². The van der Waals surface area contributed by atoms with Crippen molar-refractivity contribution in [2.24, 2.45) is 0 Å². The normalized spacial score (nSPS) is 12.0. The van der Waals surface area contributed by atoms with Crippen molar-refractivity contribution < 1.29 is 4.74 Å². The third-order valence-electron chi connectivity index (χ3n) is 6.38. The van der Waals surface area contributed by atoms with Gasteiger partial charge < -0.3 is 9.64 Å². The minimum atomic E-state index is 0.860. The van der Waals surface area contributed by atoms with Crippen molar-refractivity contribution in [3.63, 3.8) is 0 Å². The summed E-state index contributed by atoms with van der Waals surface area (Å²) >= 11 is 0. The van der Waals surface area contributed by atoms with Crippen molar-refractivity contribution in [3.05, 3.63) is 126 Å². The van der Waals surface area contributed by atoms with Crippen LogP contribution in [0.25, 0.3) is 22.3 Å². The lowest BCUT2D eigenvalue weighted by atomic mass is 9.96. The Bertz CT molecular complexity index is 1370. The predicted molar refractivity (Wildman–Crippen MR) is 142 cm³/mol. The molecule has 34 heavy (non-hydrogen) atoms. The van der Waals surface area contributed by atoms with Crippen molar-refractivity contribution in [2.75, 3.05) is 4.90 Å². The largest absolute Gasteiger partial charge is 0.453 e. The van der Waals surface area contributed by atoms with E-state index in [1.54, 1.807) is 0 Å². The average Bonchev–Trinajstić information content (AvgIpc) is 2.88. The summed E-state index contributed by atoms with van der Waals surface area (Å²) in [4.78, 5) is 2.31. The van der Waals surface area contributed by atoms with Crippen LogP contribution in [-0.2, 0) is 0 Å². The molecule has 0 spiro atoms. The van der Waals surface area contributed by atoms with E-state index in [0.717, 1.165) is 28.6 Å². The molecule has 164 valence electrons. The molecular formula is C32H25NO. The van der Waals surface area contributed by atoms with Gasteiger partial charge in [0.05, 0.1) is 11.4 Å². The lowest BCUT2D eigenvalue weighted by Gasteiger charge is -2.33. The first kappa shape index (κ1) is 20.3. The molecule has 0 N–H and O–H groups in total. The Morgan fingerprint density at radius 1 is 0.471 bits per heavy atom. The highest BCUT2D eigenvalue weighted by atomic mass is 16.5. The molecule has 6 rings (SSSR count). The summed E-state index contributed by atoms with van der Waals surface area (Å²) in [7, 11) is 0. The van der Waals surface area contributed by atoms with Crippen molar-refractivity contribution in [1.82, 2.24) is 0 Å². The summed E-state index contributed by atoms with van der Waals surface area (Å²) in [6.45, 7) is 4.25. The van der Waals surface area contributed by atoms with Gasteiger partial charge in [-0.25, -0.2) is 0 Å². The molecule has 5 aromatic carbocycles. The van der Waals surface area contributed by atoms with E-state index in [0.29, 0.717) is 0 Å². The summed E-state index contributed by atoms with van der Waals surface area (Å²) in [5.41, 5.74) is 10.5. The zero-order valence-electron chi connectivity index (χ0n) is 19.3. The zero-order valence-corrected chi connectivity index (χ0v) is 19.3. The summed E-state index contributed by atoms with van der Waals surface area (Å²) in [5.74, 6) is 1.72. The molecule has 5 aromatic rings. The fourth-order valence-electron chi connectivity index (χ4n) is 4.55. The quantitative estimate of drug-likeness (QED) is 0.272. The number of rotatable bonds is 3. The van der Waals surface area contributed by atoms with Crippen molar-refractivity contribution >= 4 is 17.1 Å². The number of benzene rings is 5. The number of aryl methyl sites for hydroxylation is 2. The Kier molecular flexibility index (Phi) is 4.92. The molecule has 2 nitrogen and oxygen atoms in total. The zero-order chi connectivity index (χ0) is 23.1. The minimum Gasteiger partial charge on any atom is -0.453 e. The Morgan fingerprint density at radius 3 is 1.38 bits per heavy atom. The smallest absolute Gasteiger partial charge is 0.151 e. The Morgan fingerprint density at radius 2 is 0.912 bits per heavy atom. The topological polar surface area (TPSA) is 12.5 Å². The molecule has 0 radical (unpaired) electrons. The second-order valence-corrected chi connectivity index (χ2v) is 8.87. The van der Waals surface area contributed by atoms with Gasteiger partial charge in [0.25, 0.3) is 0 Å². The van der Waals surface area contributed by atoms with Crippen molar-refractivity contribution in [3.8, 4) is 33.8 Å². The van der Waals surface area contributed by atoms with Gasteiger partial charge >= 0.3 is 0 Å². The summed E-state index contributed by atoms with van der Waals surface area (Å²) < 4.78 is 6.24. The van der Waals surface area contributed by atoms with Gasteiger partial charge in [-0.3, -0.25) is 0 Å². The van der Waals surface area contributed by atoms with E-state index in [9.17, 15) is 0 Å². The lowest BCUT2D eigenvalue weighted by molar-refractivity contribution is 0.477. The van der Waals surface area contributed by atoms with E-state index in [-0.39, 0.29) is 0 Å². The molecule has 0 saturated carbocycles. The predicted octanol–water partition coefficient (Wildman–Crippen LogP) is 9.21. The lowest BCUT2D eigenvalue weighted by Crippen LogP contribution is -2.15. The molecule has 0 fully saturated rings. The molecule has 0 bridgehead atoms. The number of hydrogen-bond donors (Lipinski definition) is 0. The van der Waals surface area contributed by atoms with Gasteiger partial charge in [-0.05, 0) is 78.6 Å². The number of nitrogens with zero attached hydrogens (tertiary/aromatic N) is 1. The van der Waals surface area contributed by atoms with Crippen LogP contribution >= 0.6 is 0 Å². The Hall–Kier alpha value is -4.30. The summed E-state index contributed by atoms with van der Waals surface area (Å²) in [5, 5.41) is 0. The SMILES string of the molecule is Cc1ccc(-c2cc(-c3ccc(C)cc3)cc(N3c4ccccc4Oc4ccccc43)c2)cc1. The number of para-hydroxylation sites is 4. The minimum absolute atomic E-state index is 0.860. The second kappa shape index (κ2) is 8.24. The fraction of sp³-hybridized carbons (Fsp3) is 0.0625. The molecule has 1 heterocycles. The molecule has 1 aliphatic heterocycles. The Balaban J connectivity index is 1.59. The van der Waals surface area contributed by atoms with Crippen LogP contribution in [0, 0.1) is 13.8 Å². The number of anilines is 3. The van der Waals surface area contributed by atoms with Crippen LogP contribution in [0.5, 0.6) is 11.5 Å². The van der Waals surface area contributed by atoms with Crippen LogP contribution in [-0.4, -0.2) is 0 Å². The van der Waals surface area contributed by atoms with Crippen molar-refractivity contribution in [2.45, 2.75) is 13.8 Å². The van der Waals surface area contributed by atoms with Gasteiger partial charge in [0.2, 0.25) is 0 Å². The van der Waals surface area contributed by atoms with E-state index >= 15 is 0 Å². The van der Waals surface area contributed by atoms with Crippen LogP contribution in [0.1, 0.15) is 11.1 Å². The monoisotopic (exact) mass is 439 g/mol. The first-order chi connectivity index (χ1) is 16.7. The van der Waals surface area contributed by atoms with Crippen LogP contribution in [0.3, 0.4) is 0 Å². The molecule has 0 aromatic heterocycles. The third-order valence-corrected chi connectivity index (χ3v) is 6.38. The molecular weight excluding hydrogens is 414 g/mol. The average molecular weight is 440 g/mol. The van der Waals surface area contributed by atoms with Gasteiger partial charge in [0.1, 0.15) is 0 Å². The van der Waals surface area contributed by atoms with E-state index in [1.807, 2.05) is 24.3 Å². The van der Waals surface area contributed by atoms with Gasteiger partial charge in [-0.1, -0.05) is 83.9 Å². The van der Waals surface area contributed by atoms with Gasteiger partial charge in [0.15, 0.2) is 11.5 Å². The molecule has 0 unspecified atom stereocenters. The number of fused-ring (bicyclic) bond motifs is 2. The van der Waals surface area contributed by atoms with E-state index in [4.69, 9.17) is 4.74 Å². The maximum absolute atomic E-state index is 6.24. The first-order valence-corrected chi connectivity index (χ1v) is 11.6. The highest BCUT2D eigenvalue weighted by Gasteiger charge is 2.26. The van der Waals surface area contributed by atoms with E-state index in [2.05, 4.69) is 110 Å². The maximum atomic E-state index is 6.24. The van der Waals surface area contributed by atoms with Crippen molar-refractivity contribution in [1.29, 1.82) is 0 Å². The fourth-order valence-corrected chi connectivity index (χ4v) is 4.55. The van der Waals surface area contributed by atoms with Gasteiger partial charge in [0, 0.05) is 5.69 Å². The second-order valence-electron chi connectivity index (χ2n) is 8.87. The van der Waals surface area contributed by atoms with Crippen LogP contribution in [0.15, 0.2) is 115 Å². The number of ether oxygens (including phenoxy) is 1. The molecule has 0 saturated heterocycles. The third kappa shape index (κ3) is 3.64. The molecule has 2 heteroatoms. The number of hydrogen-bond acceptors (Lipinski definition) is 2. The maximum Gasteiger partial charge on any atom is 0.151 e. The van der Waals surface area contributed by atoms with Gasteiger partial charge in [-0.15, -0.1) is 0 Å². The highest BCUT2D eigenvalue weighted by molar-refractivity contribution is 5.89. The molecule has 0 atom stereocenters. The van der Waals surface area contributed by atoms with Crippen LogP contribution < -0.4 is 9.64 Å². The molecule has 0 aliphatic carbocycles. The van der Waals surface area contributed by atoms with Crippen LogP contribution in [0.2, 0.25) is 0 Å². The Labute approximate surface area is 200 Å². The first-order valence-electron chi connectivity index (χ1n) is 11.6. The standard InChI is InChI=1S/C32H25NO/c1-22-11-15-24(16-12-22)26-19-27(25-17-13-23(2)14-18-25)21-28(20-26)33-29-7-3-5-9-31(29)34-32-10-6-4-8-30(32)33/h3-21H,1-2H3. The highest BCUT2D eigenvalue weighted by Crippen LogP contribution is 2.51. The molecule has 1 aliphatic rings. The van der Waals surface area contributed by atoms with E-state index in [1.165, 1.54) is 33.4 Å².